The highest BCUT2D eigenvalue weighted by Gasteiger charge is 2.23. The van der Waals surface area contributed by atoms with Gasteiger partial charge >= 0.3 is 8.60 Å². The summed E-state index contributed by atoms with van der Waals surface area (Å²) in [5.41, 5.74) is 0.231. The van der Waals surface area contributed by atoms with Crippen LogP contribution >= 0.6 is 8.60 Å². The summed E-state index contributed by atoms with van der Waals surface area (Å²) in [7, 11) is -1.07. The van der Waals surface area contributed by atoms with Crippen LogP contribution in [-0.2, 0) is 13.6 Å². The summed E-state index contributed by atoms with van der Waals surface area (Å²) in [4.78, 5) is 0. The SMILES string of the molecule is CCCCCCCCCCC(C)(C)COP1OCCCO1. The monoisotopic (exact) mass is 318 g/mol. The van der Waals surface area contributed by atoms with Gasteiger partial charge in [0, 0.05) is 0 Å². The fourth-order valence-corrected chi connectivity index (χ4v) is 3.72. The van der Waals surface area contributed by atoms with Gasteiger partial charge in [0.25, 0.3) is 0 Å². The zero-order valence-electron chi connectivity index (χ0n) is 14.4. The largest absolute Gasteiger partial charge is 0.332 e. The Morgan fingerprint density at radius 3 is 2.10 bits per heavy atom. The van der Waals surface area contributed by atoms with E-state index in [2.05, 4.69) is 20.8 Å². The molecule has 0 unspecified atom stereocenters. The van der Waals surface area contributed by atoms with Gasteiger partial charge in [-0.2, -0.15) is 0 Å². The van der Waals surface area contributed by atoms with Crippen LogP contribution in [0.2, 0.25) is 0 Å². The molecule has 0 N–H and O–H groups in total. The topological polar surface area (TPSA) is 27.7 Å². The zero-order chi connectivity index (χ0) is 15.4. The molecule has 21 heavy (non-hydrogen) atoms. The Balaban J connectivity index is 1.96. The number of rotatable bonds is 12. The Morgan fingerprint density at radius 2 is 1.48 bits per heavy atom. The highest BCUT2D eigenvalue weighted by atomic mass is 31.2. The molecule has 0 spiro atoms. The third-order valence-electron chi connectivity index (χ3n) is 3.95. The normalized spacial score (nSPS) is 17.3. The van der Waals surface area contributed by atoms with Crippen LogP contribution < -0.4 is 0 Å². The van der Waals surface area contributed by atoms with Crippen LogP contribution in [0, 0.1) is 5.41 Å². The molecule has 0 aromatic carbocycles. The van der Waals surface area contributed by atoms with Crippen molar-refractivity contribution in [2.45, 2.75) is 85.0 Å². The van der Waals surface area contributed by atoms with Crippen LogP contribution in [0.1, 0.15) is 85.0 Å². The fourth-order valence-electron chi connectivity index (χ4n) is 2.49. The average molecular weight is 318 g/mol. The Bertz CT molecular complexity index is 240. The van der Waals surface area contributed by atoms with Gasteiger partial charge in [-0.1, -0.05) is 72.1 Å². The predicted molar refractivity (Wildman–Crippen MR) is 90.4 cm³/mol. The van der Waals surface area contributed by atoms with Gasteiger partial charge in [-0.05, 0) is 18.3 Å². The van der Waals surface area contributed by atoms with Crippen molar-refractivity contribution in [2.75, 3.05) is 19.8 Å². The highest BCUT2D eigenvalue weighted by Crippen LogP contribution is 2.44. The molecule has 4 heteroatoms. The molecule has 3 nitrogen and oxygen atoms in total. The second-order valence-corrected chi connectivity index (χ2v) is 8.13. The Morgan fingerprint density at radius 1 is 0.905 bits per heavy atom. The summed E-state index contributed by atoms with van der Waals surface area (Å²) in [6, 6.07) is 0. The molecule has 0 aliphatic carbocycles. The smallest absolute Gasteiger partial charge is 0.312 e. The first-order valence-electron chi connectivity index (χ1n) is 8.83. The standard InChI is InChI=1S/C17H35O3P/c1-4-5-6-7-8-9-10-11-13-17(2,3)16-20-21-18-14-12-15-19-21/h4-16H2,1-3H3. The van der Waals surface area contributed by atoms with E-state index in [0.717, 1.165) is 26.2 Å². The molecule has 1 fully saturated rings. The van der Waals surface area contributed by atoms with E-state index in [-0.39, 0.29) is 5.41 Å². The van der Waals surface area contributed by atoms with Crippen molar-refractivity contribution in [3.05, 3.63) is 0 Å². The molecule has 1 saturated heterocycles. The Kier molecular flexibility index (Phi) is 10.9. The molecule has 1 rings (SSSR count). The van der Waals surface area contributed by atoms with Crippen molar-refractivity contribution in [2.24, 2.45) is 5.41 Å². The molecule has 0 bridgehead atoms. The van der Waals surface area contributed by atoms with Crippen molar-refractivity contribution < 1.29 is 13.6 Å². The lowest BCUT2D eigenvalue weighted by Crippen LogP contribution is -2.19. The minimum atomic E-state index is -1.07. The summed E-state index contributed by atoms with van der Waals surface area (Å²) in [6.45, 7) is 9.15. The van der Waals surface area contributed by atoms with Crippen LogP contribution in [0.5, 0.6) is 0 Å². The average Bonchev–Trinajstić information content (AvgIpc) is 2.49. The highest BCUT2D eigenvalue weighted by molar-refractivity contribution is 7.41. The number of hydrogen-bond donors (Lipinski definition) is 0. The van der Waals surface area contributed by atoms with E-state index in [0.29, 0.717) is 0 Å². The van der Waals surface area contributed by atoms with Gasteiger partial charge in [-0.3, -0.25) is 0 Å². The van der Waals surface area contributed by atoms with E-state index in [1.807, 2.05) is 0 Å². The van der Waals surface area contributed by atoms with E-state index in [1.54, 1.807) is 0 Å². The Hall–Kier alpha value is 0.310. The van der Waals surface area contributed by atoms with Gasteiger partial charge < -0.3 is 13.6 Å². The molecule has 0 radical (unpaired) electrons. The molecule has 0 aromatic heterocycles. The summed E-state index contributed by atoms with van der Waals surface area (Å²) < 4.78 is 16.8. The van der Waals surface area contributed by atoms with Crippen LogP contribution in [0.4, 0.5) is 0 Å². The van der Waals surface area contributed by atoms with Crippen molar-refractivity contribution in [1.29, 1.82) is 0 Å². The minimum absolute atomic E-state index is 0.231. The lowest BCUT2D eigenvalue weighted by atomic mass is 9.88. The van der Waals surface area contributed by atoms with Gasteiger partial charge in [0.15, 0.2) is 0 Å². The number of hydrogen-bond acceptors (Lipinski definition) is 3. The van der Waals surface area contributed by atoms with Crippen molar-refractivity contribution >= 4 is 8.60 Å². The molecular formula is C17H35O3P. The van der Waals surface area contributed by atoms with Crippen LogP contribution in [0.3, 0.4) is 0 Å². The van der Waals surface area contributed by atoms with Crippen molar-refractivity contribution in [1.82, 2.24) is 0 Å². The minimum Gasteiger partial charge on any atom is -0.312 e. The Labute approximate surface area is 133 Å². The summed E-state index contributed by atoms with van der Waals surface area (Å²) in [5.74, 6) is 0. The van der Waals surface area contributed by atoms with Gasteiger partial charge in [0.1, 0.15) is 0 Å². The lowest BCUT2D eigenvalue weighted by molar-refractivity contribution is 0.0838. The maximum Gasteiger partial charge on any atom is 0.332 e. The van der Waals surface area contributed by atoms with E-state index < -0.39 is 8.60 Å². The zero-order valence-corrected chi connectivity index (χ0v) is 15.3. The first-order valence-corrected chi connectivity index (χ1v) is 9.92. The van der Waals surface area contributed by atoms with E-state index >= 15 is 0 Å². The second kappa shape index (κ2) is 11.8. The fraction of sp³-hybridized carbons (Fsp3) is 1.00. The molecule has 1 aliphatic heterocycles. The predicted octanol–water partition coefficient (Wildman–Crippen LogP) is 6.22. The first-order chi connectivity index (χ1) is 10.1. The molecule has 0 amide bonds. The van der Waals surface area contributed by atoms with Crippen LogP contribution in [0.25, 0.3) is 0 Å². The van der Waals surface area contributed by atoms with Gasteiger partial charge in [0.2, 0.25) is 0 Å². The molecule has 1 aliphatic rings. The van der Waals surface area contributed by atoms with E-state index in [9.17, 15) is 0 Å². The summed E-state index contributed by atoms with van der Waals surface area (Å²) >= 11 is 0. The second-order valence-electron chi connectivity index (χ2n) is 6.91. The molecule has 0 aromatic rings. The van der Waals surface area contributed by atoms with Gasteiger partial charge in [-0.15, -0.1) is 0 Å². The molecule has 126 valence electrons. The molecule has 1 heterocycles. The maximum absolute atomic E-state index is 5.79. The van der Waals surface area contributed by atoms with E-state index in [1.165, 1.54) is 57.8 Å². The van der Waals surface area contributed by atoms with Crippen LogP contribution in [0.15, 0.2) is 0 Å². The van der Waals surface area contributed by atoms with Gasteiger partial charge in [-0.25, -0.2) is 0 Å². The first kappa shape index (κ1) is 19.4. The quantitative estimate of drug-likeness (QED) is 0.315. The van der Waals surface area contributed by atoms with Crippen molar-refractivity contribution in [3.8, 4) is 0 Å². The molecular weight excluding hydrogens is 283 g/mol. The lowest BCUT2D eigenvalue weighted by Gasteiger charge is -2.28. The summed E-state index contributed by atoms with van der Waals surface area (Å²) in [5, 5.41) is 0. The maximum atomic E-state index is 5.79. The summed E-state index contributed by atoms with van der Waals surface area (Å²) in [6.07, 6.45) is 13.2. The molecule has 0 saturated carbocycles. The van der Waals surface area contributed by atoms with Crippen molar-refractivity contribution in [3.63, 3.8) is 0 Å². The third kappa shape index (κ3) is 10.6. The molecule has 0 atom stereocenters. The van der Waals surface area contributed by atoms with E-state index in [4.69, 9.17) is 13.6 Å². The third-order valence-corrected chi connectivity index (χ3v) is 5.08. The van der Waals surface area contributed by atoms with Gasteiger partial charge in [0.05, 0.1) is 19.8 Å². The van der Waals surface area contributed by atoms with Crippen LogP contribution in [-0.4, -0.2) is 19.8 Å². The number of unbranched alkanes of at least 4 members (excludes halogenated alkanes) is 7.